The normalized spacial score (nSPS) is 13.7. The van der Waals surface area contributed by atoms with Gasteiger partial charge in [-0.3, -0.25) is 9.20 Å². The number of rotatable bonds is 4. The van der Waals surface area contributed by atoms with E-state index in [0.29, 0.717) is 5.78 Å². The van der Waals surface area contributed by atoms with Crippen LogP contribution in [0, 0.1) is 11.6 Å². The van der Waals surface area contributed by atoms with Crippen molar-refractivity contribution in [2.24, 2.45) is 0 Å². The first kappa shape index (κ1) is 16.0. The zero-order chi connectivity index (χ0) is 17.3. The van der Waals surface area contributed by atoms with Gasteiger partial charge < -0.3 is 10.4 Å². The van der Waals surface area contributed by atoms with E-state index in [9.17, 15) is 18.7 Å². The molecule has 0 saturated carbocycles. The fourth-order valence-corrected chi connectivity index (χ4v) is 2.28. The second-order valence-corrected chi connectivity index (χ2v) is 5.33. The first-order valence-corrected chi connectivity index (χ1v) is 7.19. The molecule has 0 radical (unpaired) electrons. The lowest BCUT2D eigenvalue weighted by Crippen LogP contribution is -2.37. The number of amides is 1. The van der Waals surface area contributed by atoms with Crippen molar-refractivity contribution in [3.63, 3.8) is 0 Å². The van der Waals surface area contributed by atoms with E-state index in [2.05, 4.69) is 15.3 Å². The molecule has 124 valence electrons. The van der Waals surface area contributed by atoms with Crippen molar-refractivity contribution in [3.8, 4) is 0 Å². The van der Waals surface area contributed by atoms with Crippen LogP contribution in [0.2, 0.25) is 0 Å². The van der Waals surface area contributed by atoms with Gasteiger partial charge in [0.2, 0.25) is 5.78 Å². The van der Waals surface area contributed by atoms with E-state index in [1.54, 1.807) is 29.8 Å². The molecule has 0 saturated heterocycles. The van der Waals surface area contributed by atoms with Gasteiger partial charge in [-0.15, -0.1) is 0 Å². The molecule has 3 aromatic rings. The molecule has 2 aromatic heterocycles. The minimum atomic E-state index is -1.20. The number of nitrogens with one attached hydrogen (secondary N) is 1. The van der Waals surface area contributed by atoms with Gasteiger partial charge in [-0.25, -0.2) is 18.7 Å². The second-order valence-electron chi connectivity index (χ2n) is 5.33. The van der Waals surface area contributed by atoms with Crippen LogP contribution in [0.3, 0.4) is 0 Å². The summed E-state index contributed by atoms with van der Waals surface area (Å²) in [5, 5.41) is 12.8. The van der Waals surface area contributed by atoms with Crippen molar-refractivity contribution in [2.75, 3.05) is 0 Å². The quantitative estimate of drug-likeness (QED) is 0.764. The molecule has 0 aliphatic heterocycles. The molecular formula is C16H14F2N4O2. The highest BCUT2D eigenvalue weighted by Gasteiger charge is 2.21. The van der Waals surface area contributed by atoms with Crippen LogP contribution in [0.4, 0.5) is 8.78 Å². The lowest BCUT2D eigenvalue weighted by molar-refractivity contribution is 0.0847. The zero-order valence-electron chi connectivity index (χ0n) is 12.6. The Balaban J connectivity index is 1.74. The van der Waals surface area contributed by atoms with Crippen LogP contribution >= 0.6 is 0 Å². The Labute approximate surface area is 135 Å². The van der Waals surface area contributed by atoms with E-state index < -0.39 is 29.7 Å². The van der Waals surface area contributed by atoms with Crippen molar-refractivity contribution < 1.29 is 18.7 Å². The minimum absolute atomic E-state index is 0.137. The number of fused-ring (bicyclic) bond motifs is 1. The third kappa shape index (κ3) is 3.09. The van der Waals surface area contributed by atoms with Crippen LogP contribution in [0.15, 0.2) is 42.9 Å². The summed E-state index contributed by atoms with van der Waals surface area (Å²) in [6.07, 6.45) is 3.57. The lowest BCUT2D eigenvalue weighted by Gasteiger charge is -2.20. The van der Waals surface area contributed by atoms with Crippen molar-refractivity contribution in [1.82, 2.24) is 19.7 Å². The summed E-state index contributed by atoms with van der Waals surface area (Å²) >= 11 is 0. The van der Waals surface area contributed by atoms with Gasteiger partial charge in [0.15, 0.2) is 11.6 Å². The summed E-state index contributed by atoms with van der Waals surface area (Å²) in [5.41, 5.74) is 0.302. The number of aliphatic hydroxyl groups is 1. The second kappa shape index (κ2) is 6.32. The Hall–Kier alpha value is -2.87. The lowest BCUT2D eigenvalue weighted by atomic mass is 10.0. The summed E-state index contributed by atoms with van der Waals surface area (Å²) in [5.74, 6) is -2.19. The predicted octanol–water partition coefficient (Wildman–Crippen LogP) is 1.86. The maximum atomic E-state index is 13.3. The third-order valence-electron chi connectivity index (χ3n) is 3.59. The molecule has 2 atom stereocenters. The van der Waals surface area contributed by atoms with Crippen LogP contribution < -0.4 is 5.32 Å². The van der Waals surface area contributed by atoms with Crippen molar-refractivity contribution in [2.45, 2.75) is 19.1 Å². The molecule has 0 spiro atoms. The summed E-state index contributed by atoms with van der Waals surface area (Å²) < 4.78 is 27.8. The maximum absolute atomic E-state index is 13.3. The Morgan fingerprint density at radius 2 is 2.12 bits per heavy atom. The van der Waals surface area contributed by atoms with E-state index in [0.717, 1.165) is 12.1 Å². The number of imidazole rings is 1. The van der Waals surface area contributed by atoms with Crippen molar-refractivity contribution >= 4 is 11.7 Å². The van der Waals surface area contributed by atoms with E-state index >= 15 is 0 Å². The highest BCUT2D eigenvalue weighted by Crippen LogP contribution is 2.19. The molecule has 2 N–H and O–H groups in total. The zero-order valence-corrected chi connectivity index (χ0v) is 12.6. The van der Waals surface area contributed by atoms with Gasteiger partial charge >= 0.3 is 0 Å². The molecule has 0 fully saturated rings. The van der Waals surface area contributed by atoms with Crippen molar-refractivity contribution in [3.05, 3.63) is 65.7 Å². The molecule has 2 heterocycles. The van der Waals surface area contributed by atoms with Crippen LogP contribution in [0.1, 0.15) is 29.1 Å². The highest BCUT2D eigenvalue weighted by atomic mass is 19.2. The average Bonchev–Trinajstić information content (AvgIpc) is 3.01. The molecule has 1 amide bonds. The van der Waals surface area contributed by atoms with Gasteiger partial charge in [0.25, 0.3) is 5.91 Å². The Bertz CT molecular complexity index is 864. The van der Waals surface area contributed by atoms with E-state index in [1.807, 2.05) is 0 Å². The summed E-state index contributed by atoms with van der Waals surface area (Å²) in [7, 11) is 0. The standard InChI is InChI=1S/C16H14F2N4O2/c1-9(14(23)10-3-4-11(17)12(18)7-10)20-15(24)13-8-22-6-2-5-19-16(22)21-13/h2-9,14,23H,1H3,(H,20,24). The third-order valence-corrected chi connectivity index (χ3v) is 3.59. The molecular weight excluding hydrogens is 318 g/mol. The smallest absolute Gasteiger partial charge is 0.271 e. The number of carbonyl (C=O) groups is 1. The van der Waals surface area contributed by atoms with Gasteiger partial charge in [-0.2, -0.15) is 0 Å². The molecule has 0 bridgehead atoms. The number of aromatic nitrogens is 3. The van der Waals surface area contributed by atoms with Gasteiger partial charge in [-0.1, -0.05) is 6.07 Å². The SMILES string of the molecule is CC(NC(=O)c1cn2cccnc2n1)C(O)c1ccc(F)c(F)c1. The van der Waals surface area contributed by atoms with Gasteiger partial charge in [0.05, 0.1) is 12.1 Å². The van der Waals surface area contributed by atoms with Crippen LogP contribution in [-0.2, 0) is 0 Å². The average molecular weight is 332 g/mol. The number of hydrogen-bond acceptors (Lipinski definition) is 4. The maximum Gasteiger partial charge on any atom is 0.271 e. The fraction of sp³-hybridized carbons (Fsp3) is 0.188. The number of carbonyl (C=O) groups excluding carboxylic acids is 1. The van der Waals surface area contributed by atoms with E-state index in [1.165, 1.54) is 12.3 Å². The Kier molecular flexibility index (Phi) is 4.22. The molecule has 8 heteroatoms. The molecule has 24 heavy (non-hydrogen) atoms. The minimum Gasteiger partial charge on any atom is -0.386 e. The Morgan fingerprint density at radius 1 is 1.33 bits per heavy atom. The van der Waals surface area contributed by atoms with Gasteiger partial charge in [0.1, 0.15) is 5.69 Å². The first-order chi connectivity index (χ1) is 11.5. The fourth-order valence-electron chi connectivity index (χ4n) is 2.28. The summed E-state index contributed by atoms with van der Waals surface area (Å²) in [6.45, 7) is 1.55. The topological polar surface area (TPSA) is 79.5 Å². The van der Waals surface area contributed by atoms with Crippen molar-refractivity contribution in [1.29, 1.82) is 0 Å². The number of aliphatic hydroxyl groups excluding tert-OH is 1. The van der Waals surface area contributed by atoms with Crippen LogP contribution in [0.25, 0.3) is 5.78 Å². The monoisotopic (exact) mass is 332 g/mol. The predicted molar refractivity (Wildman–Crippen MR) is 81.2 cm³/mol. The molecule has 0 aliphatic rings. The van der Waals surface area contributed by atoms with Gasteiger partial charge in [-0.05, 0) is 30.7 Å². The Morgan fingerprint density at radius 3 is 2.83 bits per heavy atom. The molecule has 3 rings (SSSR count). The number of benzene rings is 1. The number of halogens is 2. The molecule has 6 nitrogen and oxygen atoms in total. The number of nitrogens with zero attached hydrogens (tertiary/aromatic N) is 3. The largest absolute Gasteiger partial charge is 0.386 e. The number of hydrogen-bond donors (Lipinski definition) is 2. The van der Waals surface area contributed by atoms with E-state index in [-0.39, 0.29) is 11.3 Å². The first-order valence-electron chi connectivity index (χ1n) is 7.19. The summed E-state index contributed by atoms with van der Waals surface area (Å²) in [4.78, 5) is 20.3. The summed E-state index contributed by atoms with van der Waals surface area (Å²) in [6, 6.07) is 4.06. The molecule has 2 unspecified atom stereocenters. The van der Waals surface area contributed by atoms with Gasteiger partial charge in [0, 0.05) is 18.6 Å². The highest BCUT2D eigenvalue weighted by molar-refractivity contribution is 5.92. The van der Waals surface area contributed by atoms with E-state index in [4.69, 9.17) is 0 Å². The van der Waals surface area contributed by atoms with Crippen LogP contribution in [0.5, 0.6) is 0 Å². The molecule has 1 aromatic carbocycles. The molecule has 0 aliphatic carbocycles. The van der Waals surface area contributed by atoms with Crippen LogP contribution in [-0.4, -0.2) is 31.4 Å².